The van der Waals surface area contributed by atoms with Crippen LogP contribution in [0.5, 0.6) is 11.5 Å². The topological polar surface area (TPSA) is 74.1 Å². The molecule has 0 spiro atoms. The number of anilines is 1. The van der Waals surface area contributed by atoms with E-state index in [1.807, 2.05) is 38.1 Å². The summed E-state index contributed by atoms with van der Waals surface area (Å²) in [7, 11) is 0. The van der Waals surface area contributed by atoms with E-state index in [1.54, 1.807) is 4.68 Å². The Hall–Kier alpha value is -3.09. The van der Waals surface area contributed by atoms with Crippen LogP contribution >= 0.6 is 0 Å². The number of hydrogen-bond donors (Lipinski definition) is 1. The zero-order valence-electron chi connectivity index (χ0n) is 16.0. The monoisotopic (exact) mass is 367 g/mol. The van der Waals surface area contributed by atoms with Crippen molar-refractivity contribution in [2.75, 3.05) is 11.9 Å². The molecule has 1 aromatic heterocycles. The minimum absolute atomic E-state index is 0.505. The van der Waals surface area contributed by atoms with E-state index in [9.17, 15) is 0 Å². The van der Waals surface area contributed by atoms with Gasteiger partial charge in [0.15, 0.2) is 11.5 Å². The number of aryl methyl sites for hydroxylation is 2. The van der Waals surface area contributed by atoms with E-state index >= 15 is 0 Å². The predicted molar refractivity (Wildman–Crippen MR) is 104 cm³/mol. The zero-order chi connectivity index (χ0) is 19.1. The Labute approximate surface area is 159 Å². The van der Waals surface area contributed by atoms with E-state index in [4.69, 9.17) is 9.47 Å². The van der Waals surface area contributed by atoms with Crippen molar-refractivity contribution in [3.05, 3.63) is 59.2 Å². The van der Waals surface area contributed by atoms with Crippen molar-refractivity contribution in [2.24, 2.45) is 0 Å². The Kier molecular flexibility index (Phi) is 6.25. The lowest BCUT2D eigenvalue weighted by Crippen LogP contribution is -2.08. The summed E-state index contributed by atoms with van der Waals surface area (Å²) in [6.07, 6.45) is 0. The molecule has 0 amide bonds. The van der Waals surface area contributed by atoms with Crippen LogP contribution in [0.3, 0.4) is 0 Å². The lowest BCUT2D eigenvalue weighted by atomic mass is 10.1. The first kappa shape index (κ1) is 18.7. The third kappa shape index (κ3) is 4.97. The summed E-state index contributed by atoms with van der Waals surface area (Å²) in [5, 5.41) is 14.8. The van der Waals surface area contributed by atoms with Gasteiger partial charge in [-0.25, -0.2) is 4.68 Å². The minimum atomic E-state index is 0.505. The maximum Gasteiger partial charge on any atom is 0.243 e. The molecular weight excluding hydrogens is 342 g/mol. The number of tetrazole rings is 1. The standard InChI is InChI=1S/C20H25N5O2/c1-4-25-20(22-23-24-25)21-13-16-9-10-18(19(12-16)26-5-2)27-14-17-8-6-7-15(3)11-17/h6-12H,4-5,13-14H2,1-3H3,(H,21,22,24). The summed E-state index contributed by atoms with van der Waals surface area (Å²) in [5.41, 5.74) is 3.42. The Balaban J connectivity index is 1.68. The fourth-order valence-electron chi connectivity index (χ4n) is 2.74. The van der Waals surface area contributed by atoms with Crippen LogP contribution in [0.2, 0.25) is 0 Å². The van der Waals surface area contributed by atoms with Gasteiger partial charge in [0.2, 0.25) is 5.95 Å². The average Bonchev–Trinajstić information content (AvgIpc) is 3.13. The van der Waals surface area contributed by atoms with Gasteiger partial charge in [-0.15, -0.1) is 0 Å². The summed E-state index contributed by atoms with van der Waals surface area (Å²) in [6, 6.07) is 14.2. The van der Waals surface area contributed by atoms with Gasteiger partial charge in [0.05, 0.1) is 6.61 Å². The van der Waals surface area contributed by atoms with E-state index < -0.39 is 0 Å². The minimum Gasteiger partial charge on any atom is -0.490 e. The number of ether oxygens (including phenoxy) is 2. The molecule has 0 saturated heterocycles. The number of rotatable bonds is 9. The number of nitrogens with zero attached hydrogens (tertiary/aromatic N) is 4. The van der Waals surface area contributed by atoms with Crippen molar-refractivity contribution in [3.8, 4) is 11.5 Å². The molecule has 0 aliphatic rings. The zero-order valence-corrected chi connectivity index (χ0v) is 16.0. The van der Waals surface area contributed by atoms with Crippen LogP contribution in [0.4, 0.5) is 5.95 Å². The van der Waals surface area contributed by atoms with Crippen molar-refractivity contribution in [1.82, 2.24) is 20.2 Å². The molecule has 0 fully saturated rings. The van der Waals surface area contributed by atoms with E-state index in [2.05, 4.69) is 46.0 Å². The highest BCUT2D eigenvalue weighted by Gasteiger charge is 2.09. The molecule has 27 heavy (non-hydrogen) atoms. The van der Waals surface area contributed by atoms with Gasteiger partial charge in [-0.2, -0.15) is 0 Å². The second-order valence-electron chi connectivity index (χ2n) is 6.16. The highest BCUT2D eigenvalue weighted by atomic mass is 16.5. The molecule has 0 unspecified atom stereocenters. The van der Waals surface area contributed by atoms with Gasteiger partial charge in [0.25, 0.3) is 0 Å². The van der Waals surface area contributed by atoms with Gasteiger partial charge >= 0.3 is 0 Å². The smallest absolute Gasteiger partial charge is 0.243 e. The van der Waals surface area contributed by atoms with Crippen molar-refractivity contribution in [2.45, 2.75) is 40.5 Å². The molecule has 1 heterocycles. The quantitative estimate of drug-likeness (QED) is 0.623. The van der Waals surface area contributed by atoms with Crippen LogP contribution in [0.1, 0.15) is 30.5 Å². The lowest BCUT2D eigenvalue weighted by Gasteiger charge is -2.14. The molecule has 0 saturated carbocycles. The summed E-state index contributed by atoms with van der Waals surface area (Å²) in [6.45, 7) is 8.42. The Morgan fingerprint density at radius 1 is 1.00 bits per heavy atom. The molecule has 3 rings (SSSR count). The first-order valence-electron chi connectivity index (χ1n) is 9.13. The summed E-state index contributed by atoms with van der Waals surface area (Å²) >= 11 is 0. The van der Waals surface area contributed by atoms with Crippen LogP contribution < -0.4 is 14.8 Å². The SMILES string of the molecule is CCOc1cc(CNc2nnnn2CC)ccc1OCc1cccc(C)c1. The molecule has 0 radical (unpaired) electrons. The molecule has 0 aliphatic carbocycles. The van der Waals surface area contributed by atoms with Gasteiger partial charge in [-0.1, -0.05) is 41.0 Å². The van der Waals surface area contributed by atoms with E-state index in [0.29, 0.717) is 32.3 Å². The van der Waals surface area contributed by atoms with E-state index in [-0.39, 0.29) is 0 Å². The highest BCUT2D eigenvalue weighted by molar-refractivity contribution is 5.44. The van der Waals surface area contributed by atoms with Gasteiger partial charge in [-0.05, 0) is 54.5 Å². The molecule has 0 aliphatic heterocycles. The average molecular weight is 367 g/mol. The molecule has 7 nitrogen and oxygen atoms in total. The molecule has 0 atom stereocenters. The van der Waals surface area contributed by atoms with Crippen molar-refractivity contribution < 1.29 is 9.47 Å². The van der Waals surface area contributed by atoms with Gasteiger partial charge in [0, 0.05) is 13.1 Å². The first-order valence-corrected chi connectivity index (χ1v) is 9.13. The van der Waals surface area contributed by atoms with Crippen molar-refractivity contribution in [1.29, 1.82) is 0 Å². The van der Waals surface area contributed by atoms with Gasteiger partial charge in [0.1, 0.15) is 6.61 Å². The molecule has 142 valence electrons. The molecular formula is C20H25N5O2. The number of aromatic nitrogens is 4. The Morgan fingerprint density at radius 2 is 1.89 bits per heavy atom. The normalized spacial score (nSPS) is 10.6. The fraction of sp³-hybridized carbons (Fsp3) is 0.350. The second-order valence-corrected chi connectivity index (χ2v) is 6.16. The summed E-state index contributed by atoms with van der Waals surface area (Å²) in [4.78, 5) is 0. The van der Waals surface area contributed by atoms with Gasteiger partial charge < -0.3 is 14.8 Å². The number of nitrogens with one attached hydrogen (secondary N) is 1. The van der Waals surface area contributed by atoms with Crippen LogP contribution in [0, 0.1) is 6.92 Å². The van der Waals surface area contributed by atoms with Crippen LogP contribution in [-0.2, 0) is 19.7 Å². The van der Waals surface area contributed by atoms with Crippen LogP contribution in [0.15, 0.2) is 42.5 Å². The third-order valence-electron chi connectivity index (χ3n) is 4.07. The van der Waals surface area contributed by atoms with Crippen LogP contribution in [0.25, 0.3) is 0 Å². The molecule has 7 heteroatoms. The maximum absolute atomic E-state index is 5.99. The number of hydrogen-bond acceptors (Lipinski definition) is 6. The second kappa shape index (κ2) is 9.02. The summed E-state index contributed by atoms with van der Waals surface area (Å²) < 4.78 is 13.5. The van der Waals surface area contributed by atoms with Crippen molar-refractivity contribution in [3.63, 3.8) is 0 Å². The molecule has 3 aromatic rings. The lowest BCUT2D eigenvalue weighted by molar-refractivity contribution is 0.269. The van der Waals surface area contributed by atoms with E-state index in [0.717, 1.165) is 22.6 Å². The van der Waals surface area contributed by atoms with E-state index in [1.165, 1.54) is 5.56 Å². The third-order valence-corrected chi connectivity index (χ3v) is 4.07. The largest absolute Gasteiger partial charge is 0.490 e. The fourth-order valence-corrected chi connectivity index (χ4v) is 2.74. The molecule has 0 bridgehead atoms. The van der Waals surface area contributed by atoms with Gasteiger partial charge in [-0.3, -0.25) is 0 Å². The predicted octanol–water partition coefficient (Wildman–Crippen LogP) is 3.59. The first-order chi connectivity index (χ1) is 13.2. The highest BCUT2D eigenvalue weighted by Crippen LogP contribution is 2.29. The van der Waals surface area contributed by atoms with Crippen molar-refractivity contribution >= 4 is 5.95 Å². The Morgan fingerprint density at radius 3 is 2.67 bits per heavy atom. The molecule has 2 aromatic carbocycles. The molecule has 1 N–H and O–H groups in total. The number of benzene rings is 2. The van der Waals surface area contributed by atoms with Crippen LogP contribution in [-0.4, -0.2) is 26.8 Å². The summed E-state index contributed by atoms with van der Waals surface area (Å²) in [5.74, 6) is 2.12. The maximum atomic E-state index is 5.99. The Bertz CT molecular complexity index is 878.